The monoisotopic (exact) mass is 380 g/mol. The van der Waals surface area contributed by atoms with Crippen LogP contribution in [0.15, 0.2) is 42.5 Å². The fourth-order valence-electron chi connectivity index (χ4n) is 3.93. The number of aromatic amines is 1. The Balaban J connectivity index is 1.86. The molecule has 0 saturated heterocycles. The molecule has 0 fully saturated rings. The Hall–Kier alpha value is -2.99. The van der Waals surface area contributed by atoms with Gasteiger partial charge in [0.15, 0.2) is 0 Å². The molecule has 0 saturated carbocycles. The summed E-state index contributed by atoms with van der Waals surface area (Å²) in [4.78, 5) is 15.3. The summed E-state index contributed by atoms with van der Waals surface area (Å²) in [5.74, 6) is 0.573. The zero-order chi connectivity index (χ0) is 19.7. The van der Waals surface area contributed by atoms with Gasteiger partial charge in [0.2, 0.25) is 0 Å². The third-order valence-corrected chi connectivity index (χ3v) is 5.12. The predicted octanol–water partition coefficient (Wildman–Crippen LogP) is 3.65. The first-order chi connectivity index (χ1) is 13.6. The summed E-state index contributed by atoms with van der Waals surface area (Å²) in [6.07, 6.45) is 0.437. The molecular formula is C22H24N2O4. The Bertz CT molecular complexity index is 1010. The van der Waals surface area contributed by atoms with Gasteiger partial charge in [-0.3, -0.25) is 10.1 Å². The Morgan fingerprint density at radius 3 is 2.68 bits per heavy atom. The third kappa shape index (κ3) is 3.20. The number of fused-ring (bicyclic) bond motifs is 3. The Labute approximate surface area is 163 Å². The molecule has 0 amide bonds. The van der Waals surface area contributed by atoms with Crippen molar-refractivity contribution in [2.24, 2.45) is 0 Å². The molecule has 1 aliphatic heterocycles. The lowest BCUT2D eigenvalue weighted by Gasteiger charge is -2.30. The number of aliphatic carboxylic acids is 1. The van der Waals surface area contributed by atoms with Crippen molar-refractivity contribution in [3.63, 3.8) is 0 Å². The summed E-state index contributed by atoms with van der Waals surface area (Å²) in [6.45, 7) is 4.95. The Morgan fingerprint density at radius 1 is 1.14 bits per heavy atom. The lowest BCUT2D eigenvalue weighted by molar-refractivity contribution is -0.139. The average molecular weight is 380 g/mol. The molecule has 0 spiro atoms. The van der Waals surface area contributed by atoms with Gasteiger partial charge in [-0.05, 0) is 37.6 Å². The fourth-order valence-corrected chi connectivity index (χ4v) is 3.93. The number of ether oxygens (including phenoxy) is 2. The lowest BCUT2D eigenvalue weighted by Crippen LogP contribution is -2.45. The van der Waals surface area contributed by atoms with Gasteiger partial charge in [-0.1, -0.05) is 18.2 Å². The highest BCUT2D eigenvalue weighted by Gasteiger charge is 2.35. The maximum absolute atomic E-state index is 11.8. The summed E-state index contributed by atoms with van der Waals surface area (Å²) in [6, 6.07) is 12.7. The van der Waals surface area contributed by atoms with Crippen LogP contribution in [0.5, 0.6) is 11.5 Å². The smallest absolute Gasteiger partial charge is 0.321 e. The van der Waals surface area contributed by atoms with E-state index in [1.54, 1.807) is 0 Å². The topological polar surface area (TPSA) is 83.6 Å². The number of rotatable bonds is 6. The third-order valence-electron chi connectivity index (χ3n) is 5.12. The van der Waals surface area contributed by atoms with Crippen LogP contribution in [-0.2, 0) is 11.2 Å². The average Bonchev–Trinajstić information content (AvgIpc) is 3.07. The molecule has 0 aliphatic carbocycles. The molecule has 28 heavy (non-hydrogen) atoms. The normalized spacial score (nSPS) is 18.6. The lowest BCUT2D eigenvalue weighted by atomic mass is 9.90. The zero-order valence-corrected chi connectivity index (χ0v) is 16.0. The molecule has 2 aromatic carbocycles. The van der Waals surface area contributed by atoms with Crippen molar-refractivity contribution >= 4 is 16.9 Å². The molecule has 2 atom stereocenters. The molecule has 146 valence electrons. The van der Waals surface area contributed by atoms with Gasteiger partial charge in [-0.25, -0.2) is 0 Å². The minimum atomic E-state index is -0.857. The first-order valence-electron chi connectivity index (χ1n) is 9.60. The molecule has 0 bridgehead atoms. The summed E-state index contributed by atoms with van der Waals surface area (Å²) in [5.41, 5.74) is 3.94. The highest BCUT2D eigenvalue weighted by atomic mass is 16.5. The maximum atomic E-state index is 11.8. The van der Waals surface area contributed by atoms with Crippen molar-refractivity contribution < 1.29 is 19.4 Å². The van der Waals surface area contributed by atoms with Gasteiger partial charge in [-0.15, -0.1) is 0 Å². The SMILES string of the molecule is CCOc1ccc([C@@H]2N[C@@H](C(=O)O)Cc3c2[nH]c2ccccc32)c(OCC)c1. The van der Waals surface area contributed by atoms with E-state index in [9.17, 15) is 9.90 Å². The van der Waals surface area contributed by atoms with E-state index in [0.717, 1.165) is 33.5 Å². The van der Waals surface area contributed by atoms with Gasteiger partial charge >= 0.3 is 5.97 Å². The van der Waals surface area contributed by atoms with Crippen LogP contribution in [0.25, 0.3) is 10.9 Å². The second kappa shape index (κ2) is 7.56. The molecule has 0 unspecified atom stereocenters. The summed E-state index contributed by atoms with van der Waals surface area (Å²) < 4.78 is 11.5. The van der Waals surface area contributed by atoms with E-state index in [1.807, 2.05) is 56.3 Å². The Kier molecular flexibility index (Phi) is 4.96. The number of para-hydroxylation sites is 1. The number of hydrogen-bond donors (Lipinski definition) is 3. The molecule has 2 heterocycles. The second-order valence-corrected chi connectivity index (χ2v) is 6.82. The highest BCUT2D eigenvalue weighted by Crippen LogP contribution is 2.39. The standard InChI is InChI=1S/C22H24N2O4/c1-3-27-13-9-10-15(19(11-13)28-4-2)20-21-16(12-18(24-20)22(25)26)14-7-5-6-8-17(14)23-21/h5-11,18,20,23-24H,3-4,12H2,1-2H3,(H,25,26)/t18-,20+/m1/s1. The number of nitrogens with one attached hydrogen (secondary N) is 2. The van der Waals surface area contributed by atoms with E-state index in [0.29, 0.717) is 25.4 Å². The van der Waals surface area contributed by atoms with Gasteiger partial charge in [0.1, 0.15) is 17.5 Å². The summed E-state index contributed by atoms with van der Waals surface area (Å²) in [5, 5.41) is 14.1. The van der Waals surface area contributed by atoms with Crippen LogP contribution >= 0.6 is 0 Å². The number of aromatic nitrogens is 1. The van der Waals surface area contributed by atoms with Gasteiger partial charge in [0, 0.05) is 34.6 Å². The van der Waals surface area contributed by atoms with Crippen LogP contribution in [0.1, 0.15) is 36.7 Å². The first-order valence-corrected chi connectivity index (χ1v) is 9.60. The van der Waals surface area contributed by atoms with Crippen LogP contribution < -0.4 is 14.8 Å². The first kappa shape index (κ1) is 18.4. The molecule has 4 rings (SSSR count). The van der Waals surface area contributed by atoms with E-state index >= 15 is 0 Å². The van der Waals surface area contributed by atoms with Crippen LogP contribution in [-0.4, -0.2) is 35.3 Å². The Morgan fingerprint density at radius 2 is 1.93 bits per heavy atom. The predicted molar refractivity (Wildman–Crippen MR) is 107 cm³/mol. The van der Waals surface area contributed by atoms with Crippen LogP contribution in [0.3, 0.4) is 0 Å². The van der Waals surface area contributed by atoms with Crippen molar-refractivity contribution in [2.75, 3.05) is 13.2 Å². The summed E-state index contributed by atoms with van der Waals surface area (Å²) in [7, 11) is 0. The maximum Gasteiger partial charge on any atom is 0.321 e. The zero-order valence-electron chi connectivity index (χ0n) is 16.0. The molecule has 3 aromatic rings. The minimum Gasteiger partial charge on any atom is -0.494 e. The molecule has 0 radical (unpaired) electrons. The fraction of sp³-hybridized carbons (Fsp3) is 0.318. The quantitative estimate of drug-likeness (QED) is 0.608. The number of benzene rings is 2. The van der Waals surface area contributed by atoms with Crippen molar-refractivity contribution in [3.8, 4) is 11.5 Å². The van der Waals surface area contributed by atoms with E-state index in [2.05, 4.69) is 10.3 Å². The van der Waals surface area contributed by atoms with Crippen molar-refractivity contribution in [3.05, 3.63) is 59.3 Å². The molecule has 3 N–H and O–H groups in total. The summed E-state index contributed by atoms with van der Waals surface area (Å²) >= 11 is 0. The van der Waals surface area contributed by atoms with Crippen molar-refractivity contribution in [1.82, 2.24) is 10.3 Å². The van der Waals surface area contributed by atoms with Crippen molar-refractivity contribution in [1.29, 1.82) is 0 Å². The minimum absolute atomic E-state index is 0.311. The molecule has 6 nitrogen and oxygen atoms in total. The van der Waals surface area contributed by atoms with E-state index in [-0.39, 0.29) is 6.04 Å². The van der Waals surface area contributed by atoms with Crippen molar-refractivity contribution in [2.45, 2.75) is 32.4 Å². The largest absolute Gasteiger partial charge is 0.494 e. The van der Waals surface area contributed by atoms with Gasteiger partial charge in [0.25, 0.3) is 0 Å². The van der Waals surface area contributed by atoms with Gasteiger partial charge < -0.3 is 19.6 Å². The molecule has 1 aromatic heterocycles. The van der Waals surface area contributed by atoms with Crippen LogP contribution in [0.2, 0.25) is 0 Å². The second-order valence-electron chi connectivity index (χ2n) is 6.82. The van der Waals surface area contributed by atoms with E-state index < -0.39 is 12.0 Å². The van der Waals surface area contributed by atoms with Gasteiger partial charge in [-0.2, -0.15) is 0 Å². The molecular weight excluding hydrogens is 356 g/mol. The molecule has 6 heteroatoms. The van der Waals surface area contributed by atoms with Crippen LogP contribution in [0, 0.1) is 0 Å². The van der Waals surface area contributed by atoms with E-state index in [4.69, 9.17) is 9.47 Å². The number of hydrogen-bond acceptors (Lipinski definition) is 4. The highest BCUT2D eigenvalue weighted by molar-refractivity contribution is 5.87. The van der Waals surface area contributed by atoms with Crippen LogP contribution in [0.4, 0.5) is 0 Å². The number of carboxylic acid groups (broad SMARTS) is 1. The van der Waals surface area contributed by atoms with Gasteiger partial charge in [0.05, 0.1) is 19.3 Å². The molecule has 1 aliphatic rings. The number of carbonyl (C=O) groups is 1. The number of carboxylic acids is 1. The number of H-pyrrole nitrogens is 1. The van der Waals surface area contributed by atoms with E-state index in [1.165, 1.54) is 0 Å².